The second-order valence-electron chi connectivity index (χ2n) is 6.05. The fourth-order valence-electron chi connectivity index (χ4n) is 2.75. The van der Waals surface area contributed by atoms with E-state index in [0.717, 1.165) is 25.7 Å². The third kappa shape index (κ3) is 4.22. The van der Waals surface area contributed by atoms with Gasteiger partial charge >= 0.3 is 6.03 Å². The van der Waals surface area contributed by atoms with E-state index in [1.165, 1.54) is 11.8 Å². The second-order valence-corrected chi connectivity index (χ2v) is 7.35. The summed E-state index contributed by atoms with van der Waals surface area (Å²) in [4.78, 5) is 24.1. The van der Waals surface area contributed by atoms with Gasteiger partial charge in [0.1, 0.15) is 0 Å². The van der Waals surface area contributed by atoms with E-state index in [1.807, 2.05) is 0 Å². The van der Waals surface area contributed by atoms with Crippen LogP contribution in [0.15, 0.2) is 28.0 Å². The smallest absolute Gasteiger partial charge is 0.321 e. The Bertz CT molecular complexity index is 737. The van der Waals surface area contributed by atoms with E-state index in [0.29, 0.717) is 16.7 Å². The Hall–Kier alpha value is -2.29. The number of urea groups is 1. The molecule has 0 spiro atoms. The molecule has 3 amide bonds. The number of furan rings is 1. The highest BCUT2D eigenvalue weighted by Crippen LogP contribution is 2.25. The molecule has 3 rings (SSSR count). The Labute approximate surface area is 149 Å². The molecule has 0 bridgehead atoms. The van der Waals surface area contributed by atoms with Gasteiger partial charge in [0.05, 0.1) is 11.5 Å². The third-order valence-electron chi connectivity index (χ3n) is 4.15. The summed E-state index contributed by atoms with van der Waals surface area (Å²) in [5, 5.41) is 13.5. The van der Waals surface area contributed by atoms with Crippen LogP contribution in [-0.4, -0.2) is 38.0 Å². The lowest BCUT2D eigenvalue weighted by Crippen LogP contribution is -2.45. The second kappa shape index (κ2) is 7.73. The first-order valence-electron chi connectivity index (χ1n) is 8.26. The Morgan fingerprint density at radius 3 is 2.80 bits per heavy atom. The van der Waals surface area contributed by atoms with Crippen LogP contribution in [0.1, 0.15) is 32.6 Å². The van der Waals surface area contributed by atoms with Crippen molar-refractivity contribution >= 4 is 23.7 Å². The van der Waals surface area contributed by atoms with E-state index in [2.05, 4.69) is 20.8 Å². The topological polar surface area (TPSA) is 102 Å². The normalized spacial score (nSPS) is 15.9. The minimum Gasteiger partial charge on any atom is -0.461 e. The molecule has 0 aromatic carbocycles. The Morgan fingerprint density at radius 2 is 2.12 bits per heavy atom. The van der Waals surface area contributed by atoms with Crippen molar-refractivity contribution in [2.24, 2.45) is 7.05 Å². The molecule has 0 radical (unpaired) electrons. The molecule has 0 saturated heterocycles. The fraction of sp³-hybridized carbons (Fsp3) is 0.500. The number of amides is 3. The van der Waals surface area contributed by atoms with Crippen molar-refractivity contribution in [1.29, 1.82) is 0 Å². The number of nitrogens with one attached hydrogen (secondary N) is 2. The standard InChI is InChI=1S/C16H21N5O3S/c1-10(14(22)18-15(23)17-11-6-3-4-7-11)25-16-20-19-13(21(16)2)12-8-5-9-24-12/h5,8-11H,3-4,6-7H2,1-2H3,(H2,17,18,22,23)/t10-/m1/s1. The highest BCUT2D eigenvalue weighted by atomic mass is 32.2. The number of rotatable bonds is 5. The number of imide groups is 1. The SMILES string of the molecule is C[C@@H](Sc1nnc(-c2ccco2)n1C)C(=O)NC(=O)NC1CCCC1. The van der Waals surface area contributed by atoms with Crippen molar-refractivity contribution in [2.45, 2.75) is 49.1 Å². The van der Waals surface area contributed by atoms with Gasteiger partial charge in [-0.1, -0.05) is 24.6 Å². The van der Waals surface area contributed by atoms with Crippen molar-refractivity contribution in [3.63, 3.8) is 0 Å². The van der Waals surface area contributed by atoms with Crippen molar-refractivity contribution in [1.82, 2.24) is 25.4 Å². The third-order valence-corrected chi connectivity index (χ3v) is 5.29. The van der Waals surface area contributed by atoms with E-state index in [1.54, 1.807) is 36.9 Å². The summed E-state index contributed by atoms with van der Waals surface area (Å²) in [6, 6.07) is 3.31. The predicted octanol–water partition coefficient (Wildman–Crippen LogP) is 2.32. The van der Waals surface area contributed by atoms with E-state index in [9.17, 15) is 9.59 Å². The molecule has 1 aliphatic carbocycles. The molecule has 25 heavy (non-hydrogen) atoms. The van der Waals surface area contributed by atoms with Crippen LogP contribution in [0, 0.1) is 0 Å². The molecule has 8 nitrogen and oxygen atoms in total. The number of hydrogen-bond acceptors (Lipinski definition) is 6. The van der Waals surface area contributed by atoms with E-state index >= 15 is 0 Å². The first-order valence-corrected chi connectivity index (χ1v) is 9.14. The molecule has 0 aliphatic heterocycles. The number of aromatic nitrogens is 3. The van der Waals surface area contributed by atoms with Gasteiger partial charge in [-0.15, -0.1) is 10.2 Å². The first-order chi connectivity index (χ1) is 12.0. The number of thioether (sulfide) groups is 1. The van der Waals surface area contributed by atoms with Crippen molar-refractivity contribution in [2.75, 3.05) is 0 Å². The average Bonchev–Trinajstić information content (AvgIpc) is 3.31. The summed E-state index contributed by atoms with van der Waals surface area (Å²) in [6.07, 6.45) is 5.75. The van der Waals surface area contributed by atoms with Crippen molar-refractivity contribution < 1.29 is 14.0 Å². The van der Waals surface area contributed by atoms with Crippen LogP contribution in [0.25, 0.3) is 11.6 Å². The maximum Gasteiger partial charge on any atom is 0.321 e. The van der Waals surface area contributed by atoms with Crippen LogP contribution in [-0.2, 0) is 11.8 Å². The van der Waals surface area contributed by atoms with Gasteiger partial charge < -0.3 is 14.3 Å². The maximum atomic E-state index is 12.2. The molecule has 2 aromatic rings. The molecule has 1 atom stereocenters. The largest absolute Gasteiger partial charge is 0.461 e. The van der Waals surface area contributed by atoms with Crippen LogP contribution in [0.3, 0.4) is 0 Å². The summed E-state index contributed by atoms with van der Waals surface area (Å²) < 4.78 is 7.07. The monoisotopic (exact) mass is 363 g/mol. The molecule has 134 valence electrons. The van der Waals surface area contributed by atoms with Gasteiger partial charge in [0.25, 0.3) is 0 Å². The fourth-order valence-corrected chi connectivity index (χ4v) is 3.57. The first kappa shape index (κ1) is 17.5. The Kier molecular flexibility index (Phi) is 5.42. The summed E-state index contributed by atoms with van der Waals surface area (Å²) >= 11 is 1.24. The number of nitrogens with zero attached hydrogens (tertiary/aromatic N) is 3. The zero-order valence-electron chi connectivity index (χ0n) is 14.2. The Morgan fingerprint density at radius 1 is 1.36 bits per heavy atom. The molecule has 2 aromatic heterocycles. The molecule has 1 aliphatic rings. The zero-order chi connectivity index (χ0) is 17.8. The summed E-state index contributed by atoms with van der Waals surface area (Å²) in [5.41, 5.74) is 0. The summed E-state index contributed by atoms with van der Waals surface area (Å²) in [6.45, 7) is 1.73. The lowest BCUT2D eigenvalue weighted by atomic mass is 10.2. The molecule has 2 heterocycles. The maximum absolute atomic E-state index is 12.2. The van der Waals surface area contributed by atoms with Gasteiger partial charge in [-0.05, 0) is 31.9 Å². The van der Waals surface area contributed by atoms with Crippen LogP contribution in [0.5, 0.6) is 0 Å². The average molecular weight is 363 g/mol. The molecule has 1 saturated carbocycles. The van der Waals surface area contributed by atoms with Crippen LogP contribution in [0.2, 0.25) is 0 Å². The van der Waals surface area contributed by atoms with Crippen molar-refractivity contribution in [3.8, 4) is 11.6 Å². The van der Waals surface area contributed by atoms with Gasteiger partial charge in [-0.25, -0.2) is 4.79 Å². The van der Waals surface area contributed by atoms with Crippen molar-refractivity contribution in [3.05, 3.63) is 18.4 Å². The van der Waals surface area contributed by atoms with Crippen LogP contribution < -0.4 is 10.6 Å². The molecule has 2 N–H and O–H groups in total. The molecule has 9 heteroatoms. The van der Waals surface area contributed by atoms with Gasteiger partial charge in [-0.2, -0.15) is 0 Å². The lowest BCUT2D eigenvalue weighted by Gasteiger charge is -2.14. The summed E-state index contributed by atoms with van der Waals surface area (Å²) in [7, 11) is 1.80. The van der Waals surface area contributed by atoms with Gasteiger partial charge in [0.15, 0.2) is 16.7 Å². The Balaban J connectivity index is 1.55. The minimum absolute atomic E-state index is 0.172. The predicted molar refractivity (Wildman–Crippen MR) is 93.0 cm³/mol. The van der Waals surface area contributed by atoms with Crippen LogP contribution in [0.4, 0.5) is 4.79 Å². The molecule has 0 unspecified atom stereocenters. The molecular formula is C16H21N5O3S. The number of carbonyl (C=O) groups excluding carboxylic acids is 2. The van der Waals surface area contributed by atoms with Crippen LogP contribution >= 0.6 is 11.8 Å². The molecule has 1 fully saturated rings. The van der Waals surface area contributed by atoms with E-state index in [4.69, 9.17) is 4.42 Å². The van der Waals surface area contributed by atoms with Gasteiger partial charge in [0.2, 0.25) is 5.91 Å². The lowest BCUT2D eigenvalue weighted by molar-refractivity contribution is -0.119. The molecular weight excluding hydrogens is 342 g/mol. The van der Waals surface area contributed by atoms with E-state index < -0.39 is 11.3 Å². The number of hydrogen-bond donors (Lipinski definition) is 2. The van der Waals surface area contributed by atoms with Gasteiger partial charge in [-0.3, -0.25) is 10.1 Å². The summed E-state index contributed by atoms with van der Waals surface area (Å²) in [5.74, 6) is 0.831. The van der Waals surface area contributed by atoms with Gasteiger partial charge in [0, 0.05) is 13.1 Å². The minimum atomic E-state index is -0.485. The zero-order valence-corrected chi connectivity index (χ0v) is 15.0. The quantitative estimate of drug-likeness (QED) is 0.791. The van der Waals surface area contributed by atoms with E-state index in [-0.39, 0.29) is 11.9 Å². The number of carbonyl (C=O) groups is 2. The highest BCUT2D eigenvalue weighted by molar-refractivity contribution is 8.00. The highest BCUT2D eigenvalue weighted by Gasteiger charge is 2.23.